The van der Waals surface area contributed by atoms with Crippen LogP contribution in [0.25, 0.3) is 17.3 Å². The molecule has 1 N–H and O–H groups in total. The van der Waals surface area contributed by atoms with E-state index in [1.54, 1.807) is 23.1 Å². The molecule has 3 heterocycles. The number of ether oxygens (including phenoxy) is 1. The average molecular weight is 397 g/mol. The summed E-state index contributed by atoms with van der Waals surface area (Å²) < 4.78 is 6.16. The lowest BCUT2D eigenvalue weighted by molar-refractivity contribution is 0.266. The molecule has 5 nitrogen and oxygen atoms in total. The second-order valence-electron chi connectivity index (χ2n) is 6.05. The molecule has 0 saturated heterocycles. The fourth-order valence-electron chi connectivity index (χ4n) is 2.69. The van der Waals surface area contributed by atoms with Crippen molar-refractivity contribution >= 4 is 34.9 Å². The number of hydrogen-bond donors (Lipinski definition) is 1. The van der Waals surface area contributed by atoms with Crippen LogP contribution >= 0.6 is 23.1 Å². The Hall–Kier alpha value is -2.38. The number of thioether (sulfide) groups is 1. The molecule has 0 saturated carbocycles. The van der Waals surface area contributed by atoms with E-state index < -0.39 is 0 Å². The van der Waals surface area contributed by atoms with Gasteiger partial charge in [0.2, 0.25) is 11.0 Å². The van der Waals surface area contributed by atoms with Gasteiger partial charge in [-0.15, -0.1) is 21.5 Å². The Labute approximate surface area is 166 Å². The molecule has 1 atom stereocenters. The number of aromatic nitrogens is 3. The van der Waals surface area contributed by atoms with E-state index >= 15 is 0 Å². The van der Waals surface area contributed by atoms with Crippen molar-refractivity contribution < 1.29 is 4.74 Å². The molecule has 7 heteroatoms. The van der Waals surface area contributed by atoms with Crippen molar-refractivity contribution in [3.63, 3.8) is 0 Å². The zero-order valence-electron chi connectivity index (χ0n) is 15.0. The molecule has 2 aromatic heterocycles. The molecule has 27 heavy (non-hydrogen) atoms. The fraction of sp³-hybridized carbons (Fsp3) is 0.250. The first kappa shape index (κ1) is 18.0. The maximum atomic E-state index is 6.16. The minimum Gasteiger partial charge on any atom is -0.448 e. The number of nitrogens with zero attached hydrogens (tertiary/aromatic N) is 3. The topological polar surface area (TPSA) is 59.9 Å². The summed E-state index contributed by atoms with van der Waals surface area (Å²) in [6.07, 6.45) is 6.00. The van der Waals surface area contributed by atoms with Gasteiger partial charge < -0.3 is 10.1 Å². The fourth-order valence-corrected chi connectivity index (χ4v) is 4.18. The highest BCUT2D eigenvalue weighted by Gasteiger charge is 2.23. The third-order valence-electron chi connectivity index (χ3n) is 4.06. The number of para-hydroxylation sites is 1. The monoisotopic (exact) mass is 396 g/mol. The van der Waals surface area contributed by atoms with E-state index in [4.69, 9.17) is 4.74 Å². The van der Waals surface area contributed by atoms with Crippen LogP contribution in [0.5, 0.6) is 5.88 Å². The van der Waals surface area contributed by atoms with Crippen LogP contribution in [0.4, 0.5) is 5.69 Å². The van der Waals surface area contributed by atoms with E-state index in [0.717, 1.165) is 29.8 Å². The van der Waals surface area contributed by atoms with Crippen molar-refractivity contribution in [1.82, 2.24) is 15.2 Å². The van der Waals surface area contributed by atoms with Crippen LogP contribution in [-0.2, 0) is 0 Å². The number of thiophene rings is 1. The molecule has 0 spiro atoms. The lowest BCUT2D eigenvalue weighted by Crippen LogP contribution is -2.23. The highest BCUT2D eigenvalue weighted by Crippen LogP contribution is 2.36. The van der Waals surface area contributed by atoms with Crippen molar-refractivity contribution in [2.45, 2.75) is 31.1 Å². The van der Waals surface area contributed by atoms with E-state index in [1.807, 2.05) is 36.4 Å². The highest BCUT2D eigenvalue weighted by atomic mass is 32.2. The number of hydrogen-bond acceptors (Lipinski definition) is 7. The van der Waals surface area contributed by atoms with Crippen molar-refractivity contribution in [3.8, 4) is 17.1 Å². The van der Waals surface area contributed by atoms with E-state index in [0.29, 0.717) is 16.7 Å². The minimum atomic E-state index is -0.334. The van der Waals surface area contributed by atoms with Crippen LogP contribution in [0.15, 0.2) is 53.0 Å². The summed E-state index contributed by atoms with van der Waals surface area (Å²) >= 11 is 3.31. The lowest BCUT2D eigenvalue weighted by Gasteiger charge is -2.15. The average Bonchev–Trinajstić information content (AvgIpc) is 3.15. The number of unbranched alkanes of at least 4 members (excludes halogenated alkanes) is 1. The predicted octanol–water partition coefficient (Wildman–Crippen LogP) is 5.34. The summed E-state index contributed by atoms with van der Waals surface area (Å²) in [6.45, 7) is 2.17. The second kappa shape index (κ2) is 8.54. The standard InChI is InChI=1S/C20H20N4OS2/c1-2-3-12-27-20-22-19-18(23-24-20)15-8-4-5-9-16(15)21-17(25-19)11-10-14-7-6-13-26-14/h4-11,13,17,21H,2-3,12H2,1H3/b11-10+. The van der Waals surface area contributed by atoms with Gasteiger partial charge in [0.1, 0.15) is 0 Å². The number of benzene rings is 1. The van der Waals surface area contributed by atoms with Crippen molar-refractivity contribution in [3.05, 3.63) is 52.7 Å². The van der Waals surface area contributed by atoms with Gasteiger partial charge in [-0.25, -0.2) is 0 Å². The molecule has 1 aromatic carbocycles. The SMILES string of the molecule is CCCCSc1nnc2c(n1)OC(/C=C/c1cccs1)Nc1ccccc1-2. The molecule has 0 bridgehead atoms. The van der Waals surface area contributed by atoms with Crippen LogP contribution in [0, 0.1) is 0 Å². The summed E-state index contributed by atoms with van der Waals surface area (Å²) in [7, 11) is 0. The molecule has 0 radical (unpaired) electrons. The first-order valence-corrected chi connectivity index (χ1v) is 10.8. The van der Waals surface area contributed by atoms with Gasteiger partial charge in [-0.1, -0.05) is 49.4 Å². The number of nitrogens with one attached hydrogen (secondary N) is 1. The highest BCUT2D eigenvalue weighted by molar-refractivity contribution is 7.99. The van der Waals surface area contributed by atoms with E-state index in [9.17, 15) is 0 Å². The number of rotatable bonds is 6. The zero-order chi connectivity index (χ0) is 18.5. The molecule has 1 aliphatic rings. The molecule has 3 aromatic rings. The Kier molecular flexibility index (Phi) is 5.69. The van der Waals surface area contributed by atoms with Gasteiger partial charge in [-0.2, -0.15) is 4.98 Å². The Balaban J connectivity index is 1.66. The lowest BCUT2D eigenvalue weighted by atomic mass is 10.1. The van der Waals surface area contributed by atoms with E-state index in [-0.39, 0.29) is 6.23 Å². The Morgan fingerprint density at radius 2 is 2.15 bits per heavy atom. The summed E-state index contributed by atoms with van der Waals surface area (Å²) in [5.41, 5.74) is 2.58. The van der Waals surface area contributed by atoms with Crippen LogP contribution < -0.4 is 10.1 Å². The smallest absolute Gasteiger partial charge is 0.247 e. The first-order chi connectivity index (χ1) is 13.3. The first-order valence-electron chi connectivity index (χ1n) is 8.95. The van der Waals surface area contributed by atoms with Gasteiger partial charge in [0.15, 0.2) is 11.9 Å². The van der Waals surface area contributed by atoms with Gasteiger partial charge in [0.05, 0.1) is 0 Å². The number of anilines is 1. The van der Waals surface area contributed by atoms with Gasteiger partial charge in [-0.05, 0) is 36.1 Å². The molecule has 0 aliphatic carbocycles. The molecule has 1 aliphatic heterocycles. The Morgan fingerprint density at radius 1 is 1.22 bits per heavy atom. The largest absolute Gasteiger partial charge is 0.448 e. The van der Waals surface area contributed by atoms with Gasteiger partial charge >= 0.3 is 0 Å². The predicted molar refractivity (Wildman–Crippen MR) is 112 cm³/mol. The van der Waals surface area contributed by atoms with Crippen LogP contribution in [0.2, 0.25) is 0 Å². The summed E-state index contributed by atoms with van der Waals surface area (Å²) in [5.74, 6) is 1.50. The quantitative estimate of drug-likeness (QED) is 0.448. The molecule has 0 amide bonds. The van der Waals surface area contributed by atoms with Gasteiger partial charge in [0, 0.05) is 21.9 Å². The van der Waals surface area contributed by atoms with E-state index in [1.165, 1.54) is 4.88 Å². The van der Waals surface area contributed by atoms with Gasteiger partial charge in [-0.3, -0.25) is 0 Å². The van der Waals surface area contributed by atoms with E-state index in [2.05, 4.69) is 44.9 Å². The molecule has 4 rings (SSSR count). The summed E-state index contributed by atoms with van der Waals surface area (Å²) in [6, 6.07) is 12.1. The molecule has 138 valence electrons. The maximum absolute atomic E-state index is 6.16. The van der Waals surface area contributed by atoms with Gasteiger partial charge in [0.25, 0.3) is 0 Å². The summed E-state index contributed by atoms with van der Waals surface area (Å²) in [4.78, 5) is 5.81. The summed E-state index contributed by atoms with van der Waals surface area (Å²) in [5, 5.41) is 14.9. The van der Waals surface area contributed by atoms with Crippen molar-refractivity contribution in [1.29, 1.82) is 0 Å². The maximum Gasteiger partial charge on any atom is 0.247 e. The van der Waals surface area contributed by atoms with Crippen LogP contribution in [0.3, 0.4) is 0 Å². The zero-order valence-corrected chi connectivity index (χ0v) is 16.6. The van der Waals surface area contributed by atoms with Crippen LogP contribution in [0.1, 0.15) is 24.6 Å². The Bertz CT molecular complexity index is 927. The van der Waals surface area contributed by atoms with Crippen molar-refractivity contribution in [2.24, 2.45) is 0 Å². The third kappa shape index (κ3) is 4.31. The Morgan fingerprint density at radius 3 is 3.00 bits per heavy atom. The molecule has 0 fully saturated rings. The normalized spacial score (nSPS) is 15.5. The molecular weight excluding hydrogens is 376 g/mol. The molecular formula is C20H20N4OS2. The number of fused-ring (bicyclic) bond motifs is 3. The van der Waals surface area contributed by atoms with Crippen molar-refractivity contribution in [2.75, 3.05) is 11.1 Å². The minimum absolute atomic E-state index is 0.334. The molecule has 1 unspecified atom stereocenters. The third-order valence-corrected chi connectivity index (χ3v) is 5.82. The van der Waals surface area contributed by atoms with Crippen LogP contribution in [-0.4, -0.2) is 27.2 Å². The second-order valence-corrected chi connectivity index (χ2v) is 8.09.